The molecule has 1 aromatic carbocycles. The molecule has 2 fully saturated rings. The second-order valence-electron chi connectivity index (χ2n) is 8.95. The zero-order chi connectivity index (χ0) is 25.0. The Morgan fingerprint density at radius 1 is 1.14 bits per heavy atom. The fraction of sp³-hybridized carbons (Fsp3) is 0.636. The summed E-state index contributed by atoms with van der Waals surface area (Å²) in [6.45, 7) is 3.13. The fourth-order valence-electron chi connectivity index (χ4n) is 4.48. The monoisotopic (exact) mass is 500 g/mol. The Hall–Kier alpha value is -2.96. The van der Waals surface area contributed by atoms with Gasteiger partial charge in [0.05, 0.1) is 12.3 Å². The lowest BCUT2D eigenvalue weighted by Crippen LogP contribution is -2.53. The molecule has 1 atom stereocenters. The molecule has 1 aliphatic carbocycles. The maximum atomic E-state index is 14.4. The van der Waals surface area contributed by atoms with Crippen molar-refractivity contribution in [2.75, 3.05) is 32.8 Å². The summed E-state index contributed by atoms with van der Waals surface area (Å²) >= 11 is 0. The summed E-state index contributed by atoms with van der Waals surface area (Å²) in [5, 5.41) is 10.8. The minimum atomic E-state index is -4.56. The van der Waals surface area contributed by atoms with Crippen molar-refractivity contribution in [2.24, 2.45) is 5.92 Å². The number of carbonyl (C=O) groups is 1. The maximum absolute atomic E-state index is 14.4. The number of alkyl halides is 3. The van der Waals surface area contributed by atoms with E-state index in [9.17, 15) is 22.4 Å². The number of hydrogen-bond acceptors (Lipinski definition) is 7. The van der Waals surface area contributed by atoms with Gasteiger partial charge in [0.1, 0.15) is 6.33 Å². The van der Waals surface area contributed by atoms with Crippen molar-refractivity contribution >= 4 is 6.09 Å². The average molecular weight is 500 g/mol. The van der Waals surface area contributed by atoms with Crippen molar-refractivity contribution in [3.05, 3.63) is 30.3 Å². The Bertz CT molecular complexity index is 974. The van der Waals surface area contributed by atoms with Crippen LogP contribution in [0.3, 0.4) is 0 Å². The second kappa shape index (κ2) is 10.8. The van der Waals surface area contributed by atoms with E-state index in [4.69, 9.17) is 4.74 Å². The van der Waals surface area contributed by atoms with Gasteiger partial charge in [-0.25, -0.2) is 13.9 Å². The van der Waals surface area contributed by atoms with Gasteiger partial charge in [-0.2, -0.15) is 13.2 Å². The molecule has 1 saturated heterocycles. The Kier molecular flexibility index (Phi) is 7.72. The third kappa shape index (κ3) is 6.38. The van der Waals surface area contributed by atoms with Crippen molar-refractivity contribution in [3.8, 4) is 11.4 Å². The van der Waals surface area contributed by atoms with Crippen LogP contribution in [0.1, 0.15) is 32.6 Å². The van der Waals surface area contributed by atoms with Crippen LogP contribution in [0.4, 0.5) is 22.4 Å². The highest BCUT2D eigenvalue weighted by atomic mass is 19.4. The summed E-state index contributed by atoms with van der Waals surface area (Å²) in [6, 6.07) is 4.93. The number of amides is 1. The number of benzene rings is 1. The van der Waals surface area contributed by atoms with Gasteiger partial charge in [-0.15, -0.1) is 5.10 Å². The van der Waals surface area contributed by atoms with Crippen LogP contribution in [0, 0.1) is 11.7 Å². The van der Waals surface area contributed by atoms with E-state index in [0.29, 0.717) is 50.4 Å². The molecule has 1 aromatic heterocycles. The number of aromatic nitrogens is 4. The van der Waals surface area contributed by atoms with Crippen molar-refractivity contribution in [1.82, 2.24) is 30.0 Å². The molecule has 0 unspecified atom stereocenters. The van der Waals surface area contributed by atoms with Crippen molar-refractivity contribution in [1.29, 1.82) is 0 Å². The molecule has 2 aliphatic rings. The zero-order valence-corrected chi connectivity index (χ0v) is 19.3. The minimum absolute atomic E-state index is 0.187. The minimum Gasteiger partial charge on any atom is -0.490 e. The zero-order valence-electron chi connectivity index (χ0n) is 19.3. The molecule has 2 heterocycles. The molecular formula is C22H28F4N6O3. The quantitative estimate of drug-likeness (QED) is 0.562. The lowest BCUT2D eigenvalue weighted by molar-refractivity contribution is -0.200. The summed E-state index contributed by atoms with van der Waals surface area (Å²) in [5.74, 6) is 0.0180. The number of ether oxygens (including phenoxy) is 2. The van der Waals surface area contributed by atoms with Crippen LogP contribution in [0.5, 0.6) is 5.75 Å². The third-order valence-electron chi connectivity index (χ3n) is 6.65. The molecule has 0 spiro atoms. The van der Waals surface area contributed by atoms with Crippen LogP contribution < -0.4 is 4.74 Å². The number of nitrogens with zero attached hydrogens (tertiary/aromatic N) is 6. The molecular weight excluding hydrogens is 472 g/mol. The normalized spacial score (nSPS) is 22.6. The summed E-state index contributed by atoms with van der Waals surface area (Å²) in [7, 11) is 0. The predicted octanol–water partition coefficient (Wildman–Crippen LogP) is 3.44. The van der Waals surface area contributed by atoms with Gasteiger partial charge in [-0.3, -0.25) is 4.90 Å². The molecule has 1 saturated carbocycles. The number of piperazine rings is 1. The molecule has 13 heteroatoms. The Balaban J connectivity index is 1.18. The van der Waals surface area contributed by atoms with Gasteiger partial charge in [0.15, 0.2) is 17.7 Å². The van der Waals surface area contributed by atoms with Gasteiger partial charge >= 0.3 is 12.3 Å². The average Bonchev–Trinajstić information content (AvgIpc) is 3.38. The van der Waals surface area contributed by atoms with Gasteiger partial charge in [0, 0.05) is 38.3 Å². The molecule has 1 aliphatic heterocycles. The van der Waals surface area contributed by atoms with Crippen LogP contribution in [-0.4, -0.2) is 87.2 Å². The van der Waals surface area contributed by atoms with Gasteiger partial charge < -0.3 is 14.4 Å². The van der Waals surface area contributed by atoms with Crippen LogP contribution in [0.2, 0.25) is 0 Å². The van der Waals surface area contributed by atoms with Crippen molar-refractivity contribution in [2.45, 2.75) is 50.9 Å². The summed E-state index contributed by atoms with van der Waals surface area (Å²) in [4.78, 5) is 15.6. The first kappa shape index (κ1) is 25.1. The van der Waals surface area contributed by atoms with Gasteiger partial charge in [0.2, 0.25) is 0 Å². The van der Waals surface area contributed by atoms with E-state index in [-0.39, 0.29) is 5.75 Å². The van der Waals surface area contributed by atoms with E-state index in [1.165, 1.54) is 22.0 Å². The van der Waals surface area contributed by atoms with Gasteiger partial charge in [-0.05, 0) is 61.1 Å². The first-order chi connectivity index (χ1) is 16.7. The number of carbonyl (C=O) groups excluding carboxylic acids is 1. The molecule has 9 nitrogen and oxygen atoms in total. The Morgan fingerprint density at radius 2 is 1.86 bits per heavy atom. The SMILES string of the molecule is C[C@@H](OC(=O)N1CCN([C@H]2CC[C@H](COc3ccc(-n4cnnn4)cc3F)CC2)CC1)C(F)(F)F. The van der Waals surface area contributed by atoms with Crippen LogP contribution in [-0.2, 0) is 4.74 Å². The van der Waals surface area contributed by atoms with Crippen molar-refractivity contribution < 1.29 is 31.8 Å². The topological polar surface area (TPSA) is 85.6 Å². The molecule has 192 valence electrons. The summed E-state index contributed by atoms with van der Waals surface area (Å²) in [5.41, 5.74) is 0.503. The van der Waals surface area contributed by atoms with Gasteiger partial charge in [0.25, 0.3) is 0 Å². The fourth-order valence-corrected chi connectivity index (χ4v) is 4.48. The molecule has 0 bridgehead atoms. The second-order valence-corrected chi connectivity index (χ2v) is 8.95. The van der Waals surface area contributed by atoms with E-state index in [1.807, 2.05) is 0 Å². The van der Waals surface area contributed by atoms with E-state index in [1.54, 1.807) is 12.1 Å². The third-order valence-corrected chi connectivity index (χ3v) is 6.65. The molecule has 35 heavy (non-hydrogen) atoms. The van der Waals surface area contributed by atoms with Crippen LogP contribution >= 0.6 is 0 Å². The van der Waals surface area contributed by atoms with Crippen LogP contribution in [0.25, 0.3) is 5.69 Å². The van der Waals surface area contributed by atoms with Gasteiger partial charge in [-0.1, -0.05) is 0 Å². The first-order valence-electron chi connectivity index (χ1n) is 11.6. The number of rotatable bonds is 6. The van der Waals surface area contributed by atoms with E-state index in [2.05, 4.69) is 25.2 Å². The number of tetrazole rings is 1. The molecule has 1 amide bonds. The molecule has 0 N–H and O–H groups in total. The largest absolute Gasteiger partial charge is 0.490 e. The van der Waals surface area contributed by atoms with Crippen molar-refractivity contribution in [3.63, 3.8) is 0 Å². The Morgan fingerprint density at radius 3 is 2.46 bits per heavy atom. The smallest absolute Gasteiger partial charge is 0.425 e. The molecule has 0 radical (unpaired) electrons. The van der Waals surface area contributed by atoms with Crippen LogP contribution in [0.15, 0.2) is 24.5 Å². The van der Waals surface area contributed by atoms with E-state index in [0.717, 1.165) is 32.6 Å². The number of halogens is 4. The maximum Gasteiger partial charge on any atom is 0.425 e. The lowest BCUT2D eigenvalue weighted by Gasteiger charge is -2.41. The highest BCUT2D eigenvalue weighted by molar-refractivity contribution is 5.68. The molecule has 2 aromatic rings. The highest BCUT2D eigenvalue weighted by Gasteiger charge is 2.40. The Labute approximate surface area is 200 Å². The summed E-state index contributed by atoms with van der Waals surface area (Å²) < 4.78 is 63.9. The van der Waals surface area contributed by atoms with E-state index < -0.39 is 24.2 Å². The predicted molar refractivity (Wildman–Crippen MR) is 115 cm³/mol. The number of hydrogen-bond donors (Lipinski definition) is 0. The standard InChI is InChI=1S/C22H28F4N6O3/c1-15(22(24,25)26)35-21(33)31-10-8-30(9-11-31)17-4-2-16(3-5-17)13-34-20-7-6-18(12-19(20)23)32-14-27-28-29-32/h6-7,12,14-17H,2-5,8-11,13H2,1H3/t15-,16-,17-/m1/s1. The summed E-state index contributed by atoms with van der Waals surface area (Å²) in [6.07, 6.45) is -2.47. The highest BCUT2D eigenvalue weighted by Crippen LogP contribution is 2.30. The van der Waals surface area contributed by atoms with E-state index >= 15 is 0 Å². The first-order valence-corrected chi connectivity index (χ1v) is 11.6. The lowest BCUT2D eigenvalue weighted by atomic mass is 9.85. The molecule has 4 rings (SSSR count).